The molecule has 1 N–H and O–H groups in total. The maximum absolute atomic E-state index is 11.4. The Labute approximate surface area is 133 Å². The van der Waals surface area contributed by atoms with E-state index >= 15 is 0 Å². The van der Waals surface area contributed by atoms with Crippen LogP contribution in [0.15, 0.2) is 54.6 Å². The molecular weight excluding hydrogens is 290 g/mol. The van der Waals surface area contributed by atoms with Crippen molar-refractivity contribution in [3.8, 4) is 5.69 Å². The van der Waals surface area contributed by atoms with E-state index < -0.39 is 5.97 Å². The summed E-state index contributed by atoms with van der Waals surface area (Å²) in [6.07, 6.45) is 3.57. The lowest BCUT2D eigenvalue weighted by molar-refractivity contribution is 0.0690. The number of carbonyl (C=O) groups is 1. The number of hydrogen-bond donors (Lipinski definition) is 1. The normalized spacial score (nSPS) is 11.0. The van der Waals surface area contributed by atoms with Gasteiger partial charge in [-0.2, -0.15) is 0 Å². The lowest BCUT2D eigenvalue weighted by atomic mass is 10.1. The molecule has 3 aromatic rings. The molecule has 0 aliphatic heterocycles. The highest BCUT2D eigenvalue weighted by Crippen LogP contribution is 2.17. The molecule has 0 bridgehead atoms. The number of benzene rings is 2. The zero-order valence-electron chi connectivity index (χ0n) is 12.5. The summed E-state index contributed by atoms with van der Waals surface area (Å²) in [6.45, 7) is 1.97. The average Bonchev–Trinajstić information content (AvgIpc) is 2.98. The van der Waals surface area contributed by atoms with Crippen LogP contribution in [-0.4, -0.2) is 26.1 Å². The molecule has 5 nitrogen and oxygen atoms in total. The van der Waals surface area contributed by atoms with Crippen LogP contribution in [-0.2, 0) is 0 Å². The molecule has 0 fully saturated rings. The Bertz CT molecular complexity index is 867. The summed E-state index contributed by atoms with van der Waals surface area (Å²) in [7, 11) is 0. The Morgan fingerprint density at radius 3 is 2.57 bits per heavy atom. The number of carboxylic acid groups (broad SMARTS) is 1. The molecule has 0 unspecified atom stereocenters. The van der Waals surface area contributed by atoms with Crippen molar-refractivity contribution in [2.45, 2.75) is 6.92 Å². The van der Waals surface area contributed by atoms with Crippen LogP contribution in [0.1, 0.15) is 27.3 Å². The topological polar surface area (TPSA) is 68.0 Å². The highest BCUT2D eigenvalue weighted by Gasteiger charge is 2.17. The van der Waals surface area contributed by atoms with Gasteiger partial charge in [0.25, 0.3) is 0 Å². The molecule has 0 spiro atoms. The largest absolute Gasteiger partial charge is 0.476 e. The summed E-state index contributed by atoms with van der Waals surface area (Å²) >= 11 is 0. The molecule has 0 atom stereocenters. The van der Waals surface area contributed by atoms with Gasteiger partial charge in [-0.05, 0) is 36.3 Å². The van der Waals surface area contributed by atoms with E-state index in [1.165, 1.54) is 4.68 Å². The van der Waals surface area contributed by atoms with E-state index in [2.05, 4.69) is 10.3 Å². The van der Waals surface area contributed by atoms with Gasteiger partial charge < -0.3 is 5.11 Å². The molecule has 0 amide bonds. The first-order valence-electron chi connectivity index (χ1n) is 7.14. The molecule has 5 heteroatoms. The van der Waals surface area contributed by atoms with Gasteiger partial charge in [-0.1, -0.05) is 53.8 Å². The quantitative estimate of drug-likeness (QED) is 0.801. The van der Waals surface area contributed by atoms with Gasteiger partial charge in [-0.15, -0.1) is 5.10 Å². The second-order valence-electron chi connectivity index (χ2n) is 5.12. The summed E-state index contributed by atoms with van der Waals surface area (Å²) in [4.78, 5) is 11.4. The Morgan fingerprint density at radius 2 is 1.87 bits per heavy atom. The number of rotatable bonds is 4. The number of carboxylic acids is 1. The highest BCUT2D eigenvalue weighted by molar-refractivity contribution is 5.90. The van der Waals surface area contributed by atoms with Crippen LogP contribution < -0.4 is 0 Å². The van der Waals surface area contributed by atoms with Crippen LogP contribution in [0, 0.1) is 6.92 Å². The minimum Gasteiger partial charge on any atom is -0.476 e. The van der Waals surface area contributed by atoms with Crippen molar-refractivity contribution in [3.05, 3.63) is 77.1 Å². The predicted molar refractivity (Wildman–Crippen MR) is 88.4 cm³/mol. The number of aromatic carboxylic acids is 1. The van der Waals surface area contributed by atoms with Gasteiger partial charge in [-0.3, -0.25) is 0 Å². The van der Waals surface area contributed by atoms with Crippen LogP contribution >= 0.6 is 0 Å². The van der Waals surface area contributed by atoms with E-state index in [0.29, 0.717) is 5.69 Å². The first-order chi connectivity index (χ1) is 11.1. The van der Waals surface area contributed by atoms with Crippen LogP contribution in [0.2, 0.25) is 0 Å². The lowest BCUT2D eigenvalue weighted by Crippen LogP contribution is -2.03. The van der Waals surface area contributed by atoms with Crippen molar-refractivity contribution in [1.29, 1.82) is 0 Å². The molecular formula is C18H15N3O2. The fourth-order valence-corrected chi connectivity index (χ4v) is 2.28. The van der Waals surface area contributed by atoms with Gasteiger partial charge in [0, 0.05) is 0 Å². The van der Waals surface area contributed by atoms with Gasteiger partial charge in [-0.25, -0.2) is 9.48 Å². The predicted octanol–water partition coefficient (Wildman–Crippen LogP) is 3.44. The van der Waals surface area contributed by atoms with E-state index in [9.17, 15) is 9.90 Å². The maximum Gasteiger partial charge on any atom is 0.358 e. The standard InChI is InChI=1S/C18H15N3O2/c1-13-6-5-9-15(12-13)21-16(17(18(22)23)19-20-21)11-10-14-7-3-2-4-8-14/h2-12H,1H3,(H,22,23)/b11-10+. The highest BCUT2D eigenvalue weighted by atomic mass is 16.4. The molecule has 114 valence electrons. The van der Waals surface area contributed by atoms with E-state index in [1.807, 2.05) is 67.6 Å². The van der Waals surface area contributed by atoms with E-state index in [-0.39, 0.29) is 5.69 Å². The fraction of sp³-hybridized carbons (Fsp3) is 0.0556. The molecule has 3 rings (SSSR count). The van der Waals surface area contributed by atoms with E-state index in [4.69, 9.17) is 0 Å². The molecule has 0 saturated heterocycles. The van der Waals surface area contributed by atoms with Crippen molar-refractivity contribution in [3.63, 3.8) is 0 Å². The monoisotopic (exact) mass is 305 g/mol. The van der Waals surface area contributed by atoms with Gasteiger partial charge in [0.1, 0.15) is 5.69 Å². The third kappa shape index (κ3) is 3.18. The van der Waals surface area contributed by atoms with Crippen LogP contribution in [0.25, 0.3) is 17.8 Å². The second-order valence-corrected chi connectivity index (χ2v) is 5.12. The van der Waals surface area contributed by atoms with Crippen LogP contribution in [0.3, 0.4) is 0 Å². The summed E-state index contributed by atoms with van der Waals surface area (Å²) in [5.74, 6) is -1.10. The summed E-state index contributed by atoms with van der Waals surface area (Å²) in [6, 6.07) is 17.3. The zero-order chi connectivity index (χ0) is 16.2. The third-order valence-electron chi connectivity index (χ3n) is 3.39. The van der Waals surface area contributed by atoms with Crippen LogP contribution in [0.4, 0.5) is 0 Å². The SMILES string of the molecule is Cc1cccc(-n2nnc(C(=O)O)c2/C=C/c2ccccc2)c1. The number of aryl methyl sites for hydroxylation is 1. The summed E-state index contributed by atoms with van der Waals surface area (Å²) < 4.78 is 1.54. The van der Waals surface area contributed by atoms with Gasteiger partial charge in [0.2, 0.25) is 0 Å². The molecule has 0 radical (unpaired) electrons. The first-order valence-corrected chi connectivity index (χ1v) is 7.14. The molecule has 1 aromatic heterocycles. The lowest BCUT2D eigenvalue weighted by Gasteiger charge is -2.04. The van der Waals surface area contributed by atoms with Gasteiger partial charge in [0.05, 0.1) is 5.69 Å². The number of nitrogens with zero attached hydrogens (tertiary/aromatic N) is 3. The number of aromatic nitrogens is 3. The van der Waals surface area contributed by atoms with Crippen molar-refractivity contribution in [1.82, 2.24) is 15.0 Å². The summed E-state index contributed by atoms with van der Waals surface area (Å²) in [5, 5.41) is 17.1. The molecule has 0 aliphatic rings. The van der Waals surface area contributed by atoms with Crippen LogP contribution in [0.5, 0.6) is 0 Å². The van der Waals surface area contributed by atoms with Crippen molar-refractivity contribution in [2.75, 3.05) is 0 Å². The Hall–Kier alpha value is -3.21. The van der Waals surface area contributed by atoms with Crippen molar-refractivity contribution < 1.29 is 9.90 Å². The van der Waals surface area contributed by atoms with Gasteiger partial charge in [0.15, 0.2) is 5.69 Å². The Balaban J connectivity index is 2.08. The smallest absolute Gasteiger partial charge is 0.358 e. The second kappa shape index (κ2) is 6.27. The zero-order valence-corrected chi connectivity index (χ0v) is 12.5. The number of hydrogen-bond acceptors (Lipinski definition) is 3. The minimum absolute atomic E-state index is 0.0707. The molecule has 2 aromatic carbocycles. The summed E-state index contributed by atoms with van der Waals surface area (Å²) in [5.41, 5.74) is 3.18. The molecule has 0 saturated carbocycles. The average molecular weight is 305 g/mol. The Morgan fingerprint density at radius 1 is 1.09 bits per heavy atom. The third-order valence-corrected chi connectivity index (χ3v) is 3.39. The van der Waals surface area contributed by atoms with Crippen molar-refractivity contribution in [2.24, 2.45) is 0 Å². The maximum atomic E-state index is 11.4. The van der Waals surface area contributed by atoms with E-state index in [0.717, 1.165) is 16.8 Å². The molecule has 0 aliphatic carbocycles. The molecule has 23 heavy (non-hydrogen) atoms. The minimum atomic E-state index is -1.10. The van der Waals surface area contributed by atoms with Gasteiger partial charge >= 0.3 is 5.97 Å². The first kappa shape index (κ1) is 14.7. The van der Waals surface area contributed by atoms with Crippen molar-refractivity contribution >= 4 is 18.1 Å². The Kier molecular flexibility index (Phi) is 4.01. The molecule has 1 heterocycles. The van der Waals surface area contributed by atoms with E-state index in [1.54, 1.807) is 6.08 Å². The fourth-order valence-electron chi connectivity index (χ4n) is 2.28.